The number of fused-ring (bicyclic) bond motifs is 3. The van der Waals surface area contributed by atoms with Crippen molar-refractivity contribution in [2.75, 3.05) is 13.1 Å². The largest absolute Gasteiger partial charge is 0.460 e. The smallest absolute Gasteiger partial charge is 0.329 e. The number of ketones is 1. The van der Waals surface area contributed by atoms with Gasteiger partial charge in [0.2, 0.25) is 5.91 Å². The average Bonchev–Trinajstić information content (AvgIpc) is 3.52. The molecule has 0 aliphatic carbocycles. The molecule has 0 saturated carbocycles. The number of hydrogen-bond donors (Lipinski definition) is 2. The lowest BCUT2D eigenvalue weighted by molar-refractivity contribution is -0.158. The third-order valence-electron chi connectivity index (χ3n) is 6.55. The molecule has 1 aromatic rings. The number of amides is 2. The fourth-order valence-electron chi connectivity index (χ4n) is 4.66. The van der Waals surface area contributed by atoms with Crippen LogP contribution in [0.2, 0.25) is 0 Å². The van der Waals surface area contributed by atoms with Crippen molar-refractivity contribution in [1.82, 2.24) is 15.2 Å². The summed E-state index contributed by atoms with van der Waals surface area (Å²) in [5, 5.41) is 15.1. The fourth-order valence-corrected chi connectivity index (χ4v) is 5.46. The van der Waals surface area contributed by atoms with E-state index in [2.05, 4.69) is 10.3 Å². The van der Waals surface area contributed by atoms with Crippen LogP contribution in [0.4, 0.5) is 0 Å². The number of aromatic nitrogens is 1. The molecule has 0 radical (unpaired) electrons. The number of carbonyl (C=O) groups is 4. The van der Waals surface area contributed by atoms with Gasteiger partial charge >= 0.3 is 5.97 Å². The average molecular weight is 544 g/mol. The van der Waals surface area contributed by atoms with Crippen molar-refractivity contribution in [3.8, 4) is 0 Å². The Morgan fingerprint density at radius 3 is 2.71 bits per heavy atom. The molecule has 2 aliphatic heterocycles. The topological polar surface area (TPSA) is 126 Å². The van der Waals surface area contributed by atoms with Gasteiger partial charge < -0.3 is 20.1 Å². The summed E-state index contributed by atoms with van der Waals surface area (Å²) in [4.78, 5) is 57.0. The lowest BCUT2D eigenvalue weighted by Gasteiger charge is -2.29. The number of allylic oxidation sites excluding steroid dienone is 2. The highest BCUT2D eigenvalue weighted by atomic mass is 32.1. The molecule has 9 nitrogen and oxygen atoms in total. The van der Waals surface area contributed by atoms with Gasteiger partial charge in [-0.25, -0.2) is 9.78 Å². The zero-order valence-electron chi connectivity index (χ0n) is 22.4. The standard InChI is InChI=1S/C28H37N3O6S/c1-17(2)26-19(4)9-10-24(34)29-11-5-7-18(3)13-20(32)14-21(33)15-25-30-22(16-38-25)27(35)31-12-6-8-23(31)28(36)37-26/h5,7,9-10,13,16-17,19-20,23,26,32H,6,8,11-12,14-15H2,1-4H3,(H,29,34)/b7-5?,10-9+,18-13?/t19-,20-,23-,26-/m1/s1. The number of nitrogens with one attached hydrogen (secondary N) is 1. The van der Waals surface area contributed by atoms with Gasteiger partial charge in [-0.3, -0.25) is 14.4 Å². The molecule has 38 heavy (non-hydrogen) atoms. The van der Waals surface area contributed by atoms with E-state index in [1.54, 1.807) is 36.6 Å². The zero-order valence-corrected chi connectivity index (χ0v) is 23.2. The summed E-state index contributed by atoms with van der Waals surface area (Å²) < 4.78 is 5.90. The number of Topliss-reactive ketones (excluding diaryl/α,β-unsaturated/α-hetero) is 1. The van der Waals surface area contributed by atoms with Crippen molar-refractivity contribution in [2.24, 2.45) is 11.8 Å². The van der Waals surface area contributed by atoms with Crippen LogP contribution >= 0.6 is 11.3 Å². The maximum Gasteiger partial charge on any atom is 0.329 e. The Bertz CT molecular complexity index is 1120. The second-order valence-corrected chi connectivity index (χ2v) is 11.1. The van der Waals surface area contributed by atoms with Crippen LogP contribution in [-0.4, -0.2) is 69.9 Å². The second-order valence-electron chi connectivity index (χ2n) is 10.2. The summed E-state index contributed by atoms with van der Waals surface area (Å²) in [6.07, 6.45) is 7.92. The number of carbonyl (C=O) groups excluding carboxylic acids is 4. The molecule has 1 saturated heterocycles. The van der Waals surface area contributed by atoms with E-state index < -0.39 is 24.2 Å². The molecule has 2 N–H and O–H groups in total. The van der Waals surface area contributed by atoms with Crippen molar-refractivity contribution in [1.29, 1.82) is 0 Å². The minimum absolute atomic E-state index is 0.00613. The van der Waals surface area contributed by atoms with Gasteiger partial charge in [0, 0.05) is 30.8 Å². The number of nitrogens with zero attached hydrogens (tertiary/aromatic N) is 2. The highest BCUT2D eigenvalue weighted by Crippen LogP contribution is 2.26. The summed E-state index contributed by atoms with van der Waals surface area (Å²) >= 11 is 1.21. The van der Waals surface area contributed by atoms with Crippen LogP contribution < -0.4 is 5.32 Å². The molecule has 2 bridgehead atoms. The SMILES string of the molecule is CC1=C[C@@H](O)CC(=O)Cc2nc(cs2)C(=O)N2CCC[C@@H]2C(=O)O[C@H](C(C)C)[C@H](C)/C=C/C(=O)NCC=C1. The molecule has 4 atom stereocenters. The van der Waals surface area contributed by atoms with Crippen LogP contribution in [0.15, 0.2) is 41.3 Å². The maximum atomic E-state index is 13.2. The van der Waals surface area contributed by atoms with E-state index in [9.17, 15) is 24.3 Å². The van der Waals surface area contributed by atoms with Gasteiger partial charge in [-0.05, 0) is 31.8 Å². The van der Waals surface area contributed by atoms with E-state index >= 15 is 0 Å². The van der Waals surface area contributed by atoms with Crippen LogP contribution in [0.3, 0.4) is 0 Å². The third kappa shape index (κ3) is 8.19. The number of hydrogen-bond acceptors (Lipinski definition) is 8. The van der Waals surface area contributed by atoms with Crippen molar-refractivity contribution < 1.29 is 29.0 Å². The van der Waals surface area contributed by atoms with E-state index in [0.29, 0.717) is 24.4 Å². The molecule has 1 fully saturated rings. The third-order valence-corrected chi connectivity index (χ3v) is 7.40. The molecule has 3 heterocycles. The Kier molecular flexibility index (Phi) is 10.6. The molecular formula is C28H37N3O6S. The first-order valence-corrected chi connectivity index (χ1v) is 13.9. The molecule has 1 aromatic heterocycles. The number of rotatable bonds is 1. The molecule has 2 aliphatic rings. The predicted molar refractivity (Wildman–Crippen MR) is 144 cm³/mol. The van der Waals surface area contributed by atoms with Crippen LogP contribution in [0.1, 0.15) is 62.5 Å². The molecule has 0 spiro atoms. The van der Waals surface area contributed by atoms with Crippen LogP contribution in [0, 0.1) is 11.8 Å². The van der Waals surface area contributed by atoms with Gasteiger partial charge in [-0.15, -0.1) is 11.3 Å². The summed E-state index contributed by atoms with van der Waals surface area (Å²) in [6.45, 7) is 8.28. The molecule has 3 rings (SSSR count). The van der Waals surface area contributed by atoms with Gasteiger partial charge in [-0.2, -0.15) is 0 Å². The number of aliphatic hydroxyl groups is 1. The fraction of sp³-hybridized carbons (Fsp3) is 0.536. The van der Waals surface area contributed by atoms with E-state index in [1.165, 1.54) is 22.3 Å². The lowest BCUT2D eigenvalue weighted by atomic mass is 9.94. The highest BCUT2D eigenvalue weighted by molar-refractivity contribution is 7.09. The van der Waals surface area contributed by atoms with Gasteiger partial charge in [-0.1, -0.05) is 50.6 Å². The van der Waals surface area contributed by atoms with Crippen molar-refractivity contribution >= 4 is 34.9 Å². The Morgan fingerprint density at radius 2 is 1.97 bits per heavy atom. The molecule has 206 valence electrons. The van der Waals surface area contributed by atoms with E-state index in [0.717, 1.165) is 5.57 Å². The Labute approximate surface area is 227 Å². The first-order valence-electron chi connectivity index (χ1n) is 13.0. The van der Waals surface area contributed by atoms with Crippen LogP contribution in [0.25, 0.3) is 0 Å². The predicted octanol–water partition coefficient (Wildman–Crippen LogP) is 3.00. The molecule has 0 unspecified atom stereocenters. The number of thiazole rings is 1. The van der Waals surface area contributed by atoms with Gasteiger partial charge in [0.15, 0.2) is 0 Å². The first-order chi connectivity index (χ1) is 18.0. The number of esters is 1. The Balaban J connectivity index is 1.85. The summed E-state index contributed by atoms with van der Waals surface area (Å²) in [5.74, 6) is -1.55. The maximum absolute atomic E-state index is 13.2. The first kappa shape index (κ1) is 29.4. The summed E-state index contributed by atoms with van der Waals surface area (Å²) in [6, 6.07) is -0.714. The molecule has 0 aromatic carbocycles. The van der Waals surface area contributed by atoms with E-state index in [1.807, 2.05) is 20.8 Å². The van der Waals surface area contributed by atoms with Crippen molar-refractivity contribution in [3.63, 3.8) is 0 Å². The Morgan fingerprint density at radius 1 is 1.21 bits per heavy atom. The monoisotopic (exact) mass is 543 g/mol. The van der Waals surface area contributed by atoms with E-state index in [4.69, 9.17) is 4.74 Å². The highest BCUT2D eigenvalue weighted by Gasteiger charge is 2.38. The number of ether oxygens (including phenoxy) is 1. The minimum atomic E-state index is -0.959. The quantitative estimate of drug-likeness (QED) is 0.522. The van der Waals surface area contributed by atoms with Gasteiger partial charge in [0.25, 0.3) is 5.91 Å². The molecular weight excluding hydrogens is 506 g/mol. The lowest BCUT2D eigenvalue weighted by Crippen LogP contribution is -2.44. The summed E-state index contributed by atoms with van der Waals surface area (Å²) in [5.41, 5.74) is 0.950. The van der Waals surface area contributed by atoms with Crippen molar-refractivity contribution in [2.45, 2.75) is 71.6 Å². The number of cyclic esters (lactones) is 1. The molecule has 10 heteroatoms. The second kappa shape index (κ2) is 13.6. The normalized spacial score (nSPS) is 27.5. The number of aliphatic hydroxyl groups excluding tert-OH is 1. The Hall–Kier alpha value is -3.11. The minimum Gasteiger partial charge on any atom is -0.460 e. The van der Waals surface area contributed by atoms with Crippen LogP contribution in [-0.2, 0) is 25.5 Å². The van der Waals surface area contributed by atoms with Crippen LogP contribution in [0.5, 0.6) is 0 Å². The van der Waals surface area contributed by atoms with Crippen molar-refractivity contribution in [3.05, 3.63) is 52.0 Å². The van der Waals surface area contributed by atoms with E-state index in [-0.39, 0.29) is 54.5 Å². The van der Waals surface area contributed by atoms with Gasteiger partial charge in [0.1, 0.15) is 28.6 Å². The summed E-state index contributed by atoms with van der Waals surface area (Å²) in [7, 11) is 0. The molecule has 2 amide bonds. The zero-order chi connectivity index (χ0) is 27.8. The van der Waals surface area contributed by atoms with Gasteiger partial charge in [0.05, 0.1) is 12.5 Å².